The molecule has 2 aliphatic rings. The first-order chi connectivity index (χ1) is 14.7. The molecule has 3 aromatic rings. The zero-order valence-corrected chi connectivity index (χ0v) is 16.0. The van der Waals surface area contributed by atoms with E-state index in [-0.39, 0.29) is 18.8 Å². The minimum atomic E-state index is -0.251. The minimum Gasteiger partial charge on any atom is -0.486 e. The second kappa shape index (κ2) is 7.82. The lowest BCUT2D eigenvalue weighted by atomic mass is 10.2. The number of rotatable bonds is 5. The molecule has 0 saturated heterocycles. The monoisotopic (exact) mass is 405 g/mol. The van der Waals surface area contributed by atoms with Crippen LogP contribution in [0, 0.1) is 0 Å². The number of nitrogens with one attached hydrogen (secondary N) is 1. The van der Waals surface area contributed by atoms with Gasteiger partial charge in [-0.1, -0.05) is 18.2 Å². The van der Waals surface area contributed by atoms with Gasteiger partial charge in [0.2, 0.25) is 12.7 Å². The van der Waals surface area contributed by atoms with Crippen LogP contribution in [0.4, 0.5) is 5.69 Å². The van der Waals surface area contributed by atoms with Gasteiger partial charge in [0.15, 0.2) is 29.1 Å². The zero-order valence-electron chi connectivity index (χ0n) is 16.0. The fraction of sp³-hybridized carbons (Fsp3) is 0.182. The van der Waals surface area contributed by atoms with Crippen molar-refractivity contribution in [3.05, 3.63) is 66.5 Å². The van der Waals surface area contributed by atoms with Crippen LogP contribution in [0.15, 0.2) is 60.9 Å². The van der Waals surface area contributed by atoms with Gasteiger partial charge in [-0.2, -0.15) is 5.10 Å². The number of fused-ring (bicyclic) bond motifs is 2. The van der Waals surface area contributed by atoms with Crippen LogP contribution in [-0.2, 0) is 11.3 Å². The van der Waals surface area contributed by atoms with E-state index in [0.29, 0.717) is 30.3 Å². The Balaban J connectivity index is 1.16. The number of aromatic nitrogens is 2. The van der Waals surface area contributed by atoms with Gasteiger partial charge in [0.25, 0.3) is 0 Å². The first-order valence-electron chi connectivity index (χ1n) is 9.52. The third kappa shape index (κ3) is 3.93. The van der Waals surface area contributed by atoms with E-state index < -0.39 is 0 Å². The summed E-state index contributed by atoms with van der Waals surface area (Å²) in [4.78, 5) is 12.2. The van der Waals surface area contributed by atoms with Gasteiger partial charge in [-0.05, 0) is 35.9 Å². The Morgan fingerprint density at radius 3 is 2.87 bits per heavy atom. The van der Waals surface area contributed by atoms with E-state index >= 15 is 0 Å². The Morgan fingerprint density at radius 2 is 1.93 bits per heavy atom. The molecule has 2 aliphatic heterocycles. The third-order valence-electron chi connectivity index (χ3n) is 4.68. The van der Waals surface area contributed by atoms with Crippen LogP contribution < -0.4 is 24.3 Å². The van der Waals surface area contributed by atoms with E-state index in [0.717, 1.165) is 17.1 Å². The van der Waals surface area contributed by atoms with Gasteiger partial charge in [-0.3, -0.25) is 9.48 Å². The van der Waals surface area contributed by atoms with Gasteiger partial charge in [0.05, 0.1) is 18.4 Å². The Labute approximate surface area is 172 Å². The van der Waals surface area contributed by atoms with Crippen molar-refractivity contribution in [1.29, 1.82) is 0 Å². The molecule has 0 spiro atoms. The quantitative estimate of drug-likeness (QED) is 0.657. The van der Waals surface area contributed by atoms with Crippen molar-refractivity contribution in [2.45, 2.75) is 12.6 Å². The first kappa shape index (κ1) is 18.1. The van der Waals surface area contributed by atoms with Crippen molar-refractivity contribution in [3.63, 3.8) is 0 Å². The second-order valence-corrected chi connectivity index (χ2v) is 6.88. The average molecular weight is 405 g/mol. The summed E-state index contributed by atoms with van der Waals surface area (Å²) in [5, 5.41) is 7.09. The molecule has 0 bridgehead atoms. The summed E-state index contributed by atoms with van der Waals surface area (Å²) in [5.41, 5.74) is 1.45. The largest absolute Gasteiger partial charge is 0.486 e. The molecule has 0 radical (unpaired) electrons. The predicted octanol–water partition coefficient (Wildman–Crippen LogP) is 3.10. The normalized spacial score (nSPS) is 16.6. The number of para-hydroxylation sites is 2. The van der Waals surface area contributed by atoms with Crippen LogP contribution in [0.5, 0.6) is 23.0 Å². The molecule has 0 saturated carbocycles. The number of hydrogen-bond donors (Lipinski definition) is 1. The van der Waals surface area contributed by atoms with Crippen LogP contribution >= 0.6 is 0 Å². The number of anilines is 1. The Hall–Kier alpha value is -3.94. The van der Waals surface area contributed by atoms with E-state index in [2.05, 4.69) is 10.4 Å². The number of amides is 1. The van der Waals surface area contributed by atoms with Crippen molar-refractivity contribution < 1.29 is 23.7 Å². The Kier molecular flexibility index (Phi) is 4.72. The highest BCUT2D eigenvalue weighted by atomic mass is 16.7. The molecule has 5 rings (SSSR count). The maximum Gasteiger partial charge on any atom is 0.248 e. The molecule has 2 aromatic carbocycles. The predicted molar refractivity (Wildman–Crippen MR) is 109 cm³/mol. The zero-order chi connectivity index (χ0) is 20.3. The van der Waals surface area contributed by atoms with Crippen molar-refractivity contribution in [1.82, 2.24) is 9.78 Å². The highest BCUT2D eigenvalue weighted by Gasteiger charge is 2.21. The SMILES string of the molecule is O=C(/C=C/c1ccc2c(c1)OCO2)Nc1cnn(C[C@@H]2COc3ccccc3O2)c1. The molecular weight excluding hydrogens is 386 g/mol. The van der Waals surface area contributed by atoms with E-state index in [1.165, 1.54) is 6.08 Å². The van der Waals surface area contributed by atoms with Crippen molar-refractivity contribution in [3.8, 4) is 23.0 Å². The van der Waals surface area contributed by atoms with Crippen molar-refractivity contribution in [2.24, 2.45) is 0 Å². The summed E-state index contributed by atoms with van der Waals surface area (Å²) in [6.07, 6.45) is 6.38. The van der Waals surface area contributed by atoms with Crippen LogP contribution in [0.3, 0.4) is 0 Å². The van der Waals surface area contributed by atoms with Gasteiger partial charge in [0.1, 0.15) is 6.61 Å². The van der Waals surface area contributed by atoms with Gasteiger partial charge < -0.3 is 24.3 Å². The molecule has 0 fully saturated rings. The maximum absolute atomic E-state index is 12.2. The highest BCUT2D eigenvalue weighted by Crippen LogP contribution is 2.33. The molecule has 30 heavy (non-hydrogen) atoms. The van der Waals surface area contributed by atoms with E-state index in [1.807, 2.05) is 42.5 Å². The molecule has 152 valence electrons. The summed E-state index contributed by atoms with van der Waals surface area (Å²) >= 11 is 0. The number of carbonyl (C=O) groups is 1. The summed E-state index contributed by atoms with van der Waals surface area (Å²) in [6.45, 7) is 1.17. The number of ether oxygens (including phenoxy) is 4. The fourth-order valence-electron chi connectivity index (χ4n) is 3.26. The van der Waals surface area contributed by atoms with Crippen LogP contribution in [0.25, 0.3) is 6.08 Å². The lowest BCUT2D eigenvalue weighted by Crippen LogP contribution is -2.33. The summed E-state index contributed by atoms with van der Waals surface area (Å²) < 4.78 is 24.0. The fourth-order valence-corrected chi connectivity index (χ4v) is 3.26. The molecule has 1 amide bonds. The Morgan fingerprint density at radius 1 is 1.10 bits per heavy atom. The van der Waals surface area contributed by atoms with Gasteiger partial charge in [-0.25, -0.2) is 0 Å². The smallest absolute Gasteiger partial charge is 0.248 e. The molecule has 8 nitrogen and oxygen atoms in total. The maximum atomic E-state index is 12.2. The van der Waals surface area contributed by atoms with Gasteiger partial charge in [-0.15, -0.1) is 0 Å². The van der Waals surface area contributed by atoms with E-state index in [9.17, 15) is 4.79 Å². The summed E-state index contributed by atoms with van der Waals surface area (Å²) in [6, 6.07) is 13.1. The van der Waals surface area contributed by atoms with Crippen LogP contribution in [0.2, 0.25) is 0 Å². The second-order valence-electron chi connectivity index (χ2n) is 6.88. The van der Waals surface area contributed by atoms with Gasteiger partial charge in [0, 0.05) is 12.3 Å². The van der Waals surface area contributed by atoms with Crippen molar-refractivity contribution in [2.75, 3.05) is 18.7 Å². The number of carbonyl (C=O) groups excluding carboxylic acids is 1. The van der Waals surface area contributed by atoms with Crippen molar-refractivity contribution >= 4 is 17.7 Å². The third-order valence-corrected chi connectivity index (χ3v) is 4.68. The average Bonchev–Trinajstić information content (AvgIpc) is 3.41. The van der Waals surface area contributed by atoms with E-state index in [1.54, 1.807) is 23.2 Å². The molecule has 8 heteroatoms. The highest BCUT2D eigenvalue weighted by molar-refractivity contribution is 6.01. The molecule has 1 aromatic heterocycles. The number of benzene rings is 2. The summed E-state index contributed by atoms with van der Waals surface area (Å²) in [5.74, 6) is 2.60. The molecular formula is C22H19N3O5. The molecule has 1 N–H and O–H groups in total. The standard InChI is InChI=1S/C22H19N3O5/c26-22(8-6-15-5-7-19-21(9-15)29-14-28-19)24-16-10-23-25(11-16)12-17-13-27-18-3-1-2-4-20(18)30-17/h1-11,17H,12-14H2,(H,24,26)/b8-6+/t17-/m1/s1. The first-order valence-corrected chi connectivity index (χ1v) is 9.52. The van der Waals surface area contributed by atoms with Gasteiger partial charge >= 0.3 is 0 Å². The molecule has 0 unspecified atom stereocenters. The topological polar surface area (TPSA) is 83.8 Å². The summed E-state index contributed by atoms with van der Waals surface area (Å²) in [7, 11) is 0. The number of hydrogen-bond acceptors (Lipinski definition) is 6. The van der Waals surface area contributed by atoms with E-state index in [4.69, 9.17) is 18.9 Å². The lowest BCUT2D eigenvalue weighted by molar-refractivity contribution is -0.111. The number of nitrogens with zero attached hydrogens (tertiary/aromatic N) is 2. The Bertz CT molecular complexity index is 1110. The van der Waals surface area contributed by atoms with Crippen LogP contribution in [-0.4, -0.2) is 35.2 Å². The molecule has 0 aliphatic carbocycles. The molecule has 3 heterocycles. The lowest BCUT2D eigenvalue weighted by Gasteiger charge is -2.26. The van der Waals surface area contributed by atoms with Crippen LogP contribution in [0.1, 0.15) is 5.56 Å². The minimum absolute atomic E-state index is 0.158. The molecule has 1 atom stereocenters.